The Balaban J connectivity index is 2.66. The molecule has 0 aliphatic heterocycles. The predicted molar refractivity (Wildman–Crippen MR) is 51.5 cm³/mol. The van der Waals surface area contributed by atoms with E-state index in [1.54, 1.807) is 6.92 Å². The highest BCUT2D eigenvalue weighted by molar-refractivity contribution is 5.81. The third-order valence-electron chi connectivity index (χ3n) is 2.25. The van der Waals surface area contributed by atoms with E-state index in [0.717, 1.165) is 22.2 Å². The fraction of sp³-hybridized carbons (Fsp3) is 0.300. The average Bonchev–Trinajstić information content (AvgIpc) is 2.47. The average molecular weight is 176 g/mol. The first kappa shape index (κ1) is 8.26. The van der Waals surface area contributed by atoms with Gasteiger partial charge in [-0.15, -0.1) is 0 Å². The van der Waals surface area contributed by atoms with Gasteiger partial charge >= 0.3 is 0 Å². The Labute approximate surface area is 76.4 Å². The van der Waals surface area contributed by atoms with Crippen molar-refractivity contribution in [2.45, 2.75) is 20.0 Å². The lowest BCUT2D eigenvalue weighted by Crippen LogP contribution is -1.89. The highest BCUT2D eigenvalue weighted by atomic mass is 16.3. The number of aromatic amines is 1. The zero-order chi connectivity index (χ0) is 9.42. The predicted octanol–water partition coefficient (Wildman–Crippen LogP) is 1.92. The molecule has 1 unspecified atom stereocenters. The summed E-state index contributed by atoms with van der Waals surface area (Å²) in [5.74, 6) is 0. The molecule has 0 saturated carbocycles. The van der Waals surface area contributed by atoms with Crippen molar-refractivity contribution in [1.29, 1.82) is 0 Å². The molecule has 0 aliphatic carbocycles. The number of fused-ring (bicyclic) bond motifs is 1. The first-order valence-corrected chi connectivity index (χ1v) is 4.31. The van der Waals surface area contributed by atoms with E-state index < -0.39 is 6.10 Å². The van der Waals surface area contributed by atoms with Crippen LogP contribution in [0.25, 0.3) is 10.9 Å². The third-order valence-corrected chi connectivity index (χ3v) is 2.25. The summed E-state index contributed by atoms with van der Waals surface area (Å²) in [6.45, 7) is 3.73. The van der Waals surface area contributed by atoms with Crippen molar-refractivity contribution in [2.24, 2.45) is 0 Å². The quantitative estimate of drug-likeness (QED) is 0.697. The van der Waals surface area contributed by atoms with Gasteiger partial charge in [-0.25, -0.2) is 0 Å². The Morgan fingerprint density at radius 3 is 2.92 bits per heavy atom. The standard InChI is InChI=1S/C10H12N2O/c1-6-9-5-8(7(2)13)3-4-10(9)12-11-6/h3-5,7,13H,1-2H3,(H,11,12). The van der Waals surface area contributed by atoms with Gasteiger partial charge in [0.05, 0.1) is 11.6 Å². The number of aliphatic hydroxyl groups is 1. The Morgan fingerprint density at radius 1 is 1.46 bits per heavy atom. The second kappa shape index (κ2) is 2.85. The number of benzene rings is 1. The molecule has 0 fully saturated rings. The third kappa shape index (κ3) is 1.31. The van der Waals surface area contributed by atoms with E-state index in [-0.39, 0.29) is 0 Å². The number of H-pyrrole nitrogens is 1. The molecule has 2 rings (SSSR count). The minimum absolute atomic E-state index is 0.418. The SMILES string of the molecule is Cc1[nH]nc2ccc(C(C)O)cc12. The molecular weight excluding hydrogens is 164 g/mol. The van der Waals surface area contributed by atoms with Gasteiger partial charge in [0.25, 0.3) is 0 Å². The number of hydrogen-bond donors (Lipinski definition) is 2. The molecule has 0 spiro atoms. The van der Waals surface area contributed by atoms with Gasteiger partial charge in [0.2, 0.25) is 0 Å². The lowest BCUT2D eigenvalue weighted by molar-refractivity contribution is 0.199. The first-order chi connectivity index (χ1) is 6.18. The van der Waals surface area contributed by atoms with Gasteiger partial charge < -0.3 is 5.11 Å². The number of nitrogens with zero attached hydrogens (tertiary/aromatic N) is 1. The van der Waals surface area contributed by atoms with Gasteiger partial charge in [0.15, 0.2) is 0 Å². The van der Waals surface area contributed by atoms with E-state index >= 15 is 0 Å². The molecule has 2 N–H and O–H groups in total. The minimum Gasteiger partial charge on any atom is -0.389 e. The summed E-state index contributed by atoms with van der Waals surface area (Å²) < 4.78 is 0. The van der Waals surface area contributed by atoms with E-state index in [4.69, 9.17) is 0 Å². The fourth-order valence-electron chi connectivity index (χ4n) is 1.42. The molecule has 0 amide bonds. The van der Waals surface area contributed by atoms with E-state index in [2.05, 4.69) is 10.2 Å². The maximum atomic E-state index is 9.38. The summed E-state index contributed by atoms with van der Waals surface area (Å²) in [6.07, 6.45) is -0.418. The summed E-state index contributed by atoms with van der Waals surface area (Å²) in [4.78, 5) is 0. The van der Waals surface area contributed by atoms with E-state index in [9.17, 15) is 5.11 Å². The smallest absolute Gasteiger partial charge is 0.0923 e. The van der Waals surface area contributed by atoms with Crippen LogP contribution < -0.4 is 0 Å². The molecule has 3 heteroatoms. The summed E-state index contributed by atoms with van der Waals surface area (Å²) in [5.41, 5.74) is 2.91. The van der Waals surface area contributed by atoms with Gasteiger partial charge in [-0.1, -0.05) is 6.07 Å². The molecule has 1 heterocycles. The van der Waals surface area contributed by atoms with Crippen LogP contribution in [0.1, 0.15) is 24.3 Å². The van der Waals surface area contributed by atoms with Crippen LogP contribution in [-0.4, -0.2) is 15.3 Å². The van der Waals surface area contributed by atoms with Crippen molar-refractivity contribution >= 4 is 10.9 Å². The normalized spacial score (nSPS) is 13.5. The van der Waals surface area contributed by atoms with Crippen LogP contribution in [0.5, 0.6) is 0 Å². The second-order valence-electron chi connectivity index (χ2n) is 3.30. The summed E-state index contributed by atoms with van der Waals surface area (Å²) >= 11 is 0. The molecule has 0 radical (unpaired) electrons. The topological polar surface area (TPSA) is 48.9 Å². The lowest BCUT2D eigenvalue weighted by Gasteiger charge is -2.03. The number of hydrogen-bond acceptors (Lipinski definition) is 2. The van der Waals surface area contributed by atoms with E-state index in [0.29, 0.717) is 0 Å². The number of aromatic nitrogens is 2. The van der Waals surface area contributed by atoms with Gasteiger partial charge in [-0.3, -0.25) is 5.10 Å². The van der Waals surface area contributed by atoms with Crippen molar-refractivity contribution in [2.75, 3.05) is 0 Å². The Bertz CT molecular complexity index is 431. The maximum absolute atomic E-state index is 9.38. The van der Waals surface area contributed by atoms with Crippen LogP contribution in [-0.2, 0) is 0 Å². The molecular formula is C10H12N2O. The van der Waals surface area contributed by atoms with Crippen LogP contribution in [0.2, 0.25) is 0 Å². The summed E-state index contributed by atoms with van der Waals surface area (Å²) in [6, 6.07) is 5.78. The van der Waals surface area contributed by atoms with Crippen molar-refractivity contribution < 1.29 is 5.11 Å². The second-order valence-corrected chi connectivity index (χ2v) is 3.30. The van der Waals surface area contributed by atoms with E-state index in [1.165, 1.54) is 0 Å². The van der Waals surface area contributed by atoms with Crippen molar-refractivity contribution in [1.82, 2.24) is 10.2 Å². The van der Waals surface area contributed by atoms with Crippen LogP contribution in [0.15, 0.2) is 18.2 Å². The van der Waals surface area contributed by atoms with Crippen LogP contribution in [0.4, 0.5) is 0 Å². The molecule has 1 aromatic heterocycles. The molecule has 0 aliphatic rings. The zero-order valence-corrected chi connectivity index (χ0v) is 7.70. The maximum Gasteiger partial charge on any atom is 0.0923 e. The highest BCUT2D eigenvalue weighted by Crippen LogP contribution is 2.20. The molecule has 1 atom stereocenters. The highest BCUT2D eigenvalue weighted by Gasteiger charge is 2.05. The number of rotatable bonds is 1. The van der Waals surface area contributed by atoms with Crippen molar-refractivity contribution in [3.8, 4) is 0 Å². The minimum atomic E-state index is -0.418. The summed E-state index contributed by atoms with van der Waals surface area (Å²) in [5, 5.41) is 17.5. The summed E-state index contributed by atoms with van der Waals surface area (Å²) in [7, 11) is 0. The first-order valence-electron chi connectivity index (χ1n) is 4.31. The molecule has 1 aromatic carbocycles. The van der Waals surface area contributed by atoms with Crippen molar-refractivity contribution in [3.63, 3.8) is 0 Å². The molecule has 0 bridgehead atoms. The number of aliphatic hydroxyl groups excluding tert-OH is 1. The van der Waals surface area contributed by atoms with Gasteiger partial charge in [0.1, 0.15) is 0 Å². The fourth-order valence-corrected chi connectivity index (χ4v) is 1.42. The van der Waals surface area contributed by atoms with Crippen LogP contribution >= 0.6 is 0 Å². The zero-order valence-electron chi connectivity index (χ0n) is 7.70. The molecule has 3 nitrogen and oxygen atoms in total. The monoisotopic (exact) mass is 176 g/mol. The van der Waals surface area contributed by atoms with Gasteiger partial charge in [-0.2, -0.15) is 5.10 Å². The van der Waals surface area contributed by atoms with Gasteiger partial charge in [0, 0.05) is 11.1 Å². The Kier molecular flexibility index (Phi) is 1.81. The molecule has 2 aromatic rings. The Morgan fingerprint density at radius 2 is 2.23 bits per heavy atom. The largest absolute Gasteiger partial charge is 0.389 e. The van der Waals surface area contributed by atoms with E-state index in [1.807, 2.05) is 25.1 Å². The van der Waals surface area contributed by atoms with Gasteiger partial charge in [-0.05, 0) is 31.5 Å². The van der Waals surface area contributed by atoms with Crippen LogP contribution in [0, 0.1) is 6.92 Å². The Hall–Kier alpha value is -1.35. The van der Waals surface area contributed by atoms with Crippen LogP contribution in [0.3, 0.4) is 0 Å². The molecule has 0 saturated heterocycles. The molecule has 13 heavy (non-hydrogen) atoms. The lowest BCUT2D eigenvalue weighted by atomic mass is 10.1. The number of aryl methyl sites for hydroxylation is 1. The van der Waals surface area contributed by atoms with Crippen molar-refractivity contribution in [3.05, 3.63) is 29.5 Å². The molecule has 68 valence electrons. The number of nitrogens with one attached hydrogen (secondary N) is 1.